The normalized spacial score (nSPS) is 16.9. The van der Waals surface area contributed by atoms with Crippen molar-refractivity contribution in [3.05, 3.63) is 59.7 Å². The molecule has 3 rings (SSSR count). The second-order valence-corrected chi connectivity index (χ2v) is 6.98. The fourth-order valence-electron chi connectivity index (χ4n) is 3.11. The number of fused-ring (bicyclic) bond motifs is 1. The fraction of sp³-hybridized carbons (Fsp3) is 0.318. The average molecular weight is 364 g/mol. The lowest BCUT2D eigenvalue weighted by atomic mass is 9.89. The first kappa shape index (κ1) is 18.8. The second kappa shape index (κ2) is 8.16. The minimum absolute atomic E-state index is 0.291. The number of nitrogens with zero attached hydrogens (tertiary/aromatic N) is 2. The standard InChI is InChI=1S/C22H24N2O3/c1-15(2)11-12-23-14-20-18-9-4-5-10-19(18)21(25)24(22(20)26)16-7-6-8-17(13-16)27-3/h4-10,13-15,20H,11-12H2,1-3H3. The number of methoxy groups -OCH3 is 1. The maximum Gasteiger partial charge on any atom is 0.265 e. The maximum atomic E-state index is 13.2. The van der Waals surface area contributed by atoms with Gasteiger partial charge in [-0.15, -0.1) is 0 Å². The molecule has 1 atom stereocenters. The Morgan fingerprint density at radius 1 is 1.15 bits per heavy atom. The van der Waals surface area contributed by atoms with E-state index in [0.717, 1.165) is 6.42 Å². The maximum absolute atomic E-state index is 13.2. The predicted octanol–water partition coefficient (Wildman–Crippen LogP) is 4.08. The Hall–Kier alpha value is -2.95. The Morgan fingerprint density at radius 3 is 2.67 bits per heavy atom. The van der Waals surface area contributed by atoms with Crippen molar-refractivity contribution in [3.63, 3.8) is 0 Å². The number of benzene rings is 2. The Kier molecular flexibility index (Phi) is 5.69. The van der Waals surface area contributed by atoms with E-state index in [-0.39, 0.29) is 11.8 Å². The highest BCUT2D eigenvalue weighted by molar-refractivity contribution is 6.29. The fourth-order valence-corrected chi connectivity index (χ4v) is 3.11. The summed E-state index contributed by atoms with van der Waals surface area (Å²) in [5, 5.41) is 0. The van der Waals surface area contributed by atoms with E-state index in [9.17, 15) is 9.59 Å². The average Bonchev–Trinajstić information content (AvgIpc) is 2.67. The van der Waals surface area contributed by atoms with Crippen molar-refractivity contribution in [2.24, 2.45) is 10.9 Å². The van der Waals surface area contributed by atoms with Crippen molar-refractivity contribution >= 4 is 23.7 Å². The summed E-state index contributed by atoms with van der Waals surface area (Å²) >= 11 is 0. The van der Waals surface area contributed by atoms with Crippen molar-refractivity contribution in [2.45, 2.75) is 26.2 Å². The molecule has 0 N–H and O–H groups in total. The van der Waals surface area contributed by atoms with E-state index in [1.165, 1.54) is 4.90 Å². The molecule has 0 radical (unpaired) electrons. The summed E-state index contributed by atoms with van der Waals surface area (Å²) in [6, 6.07) is 14.2. The van der Waals surface area contributed by atoms with Crippen LogP contribution in [-0.4, -0.2) is 31.7 Å². The molecule has 2 aromatic rings. The Bertz CT molecular complexity index is 873. The lowest BCUT2D eigenvalue weighted by molar-refractivity contribution is -0.118. The first-order valence-electron chi connectivity index (χ1n) is 9.14. The largest absolute Gasteiger partial charge is 0.497 e. The lowest BCUT2D eigenvalue weighted by Gasteiger charge is -2.31. The number of imide groups is 1. The second-order valence-electron chi connectivity index (χ2n) is 6.98. The Morgan fingerprint density at radius 2 is 1.93 bits per heavy atom. The number of anilines is 1. The molecule has 1 heterocycles. The van der Waals surface area contributed by atoms with Gasteiger partial charge in [0.15, 0.2) is 0 Å². The van der Waals surface area contributed by atoms with E-state index in [0.29, 0.717) is 35.0 Å². The van der Waals surface area contributed by atoms with Gasteiger partial charge in [0.1, 0.15) is 5.75 Å². The highest BCUT2D eigenvalue weighted by atomic mass is 16.5. The summed E-state index contributed by atoms with van der Waals surface area (Å²) in [5.74, 6) is -0.0475. The quantitative estimate of drug-likeness (QED) is 0.573. The Balaban J connectivity index is 1.99. The van der Waals surface area contributed by atoms with Gasteiger partial charge < -0.3 is 4.74 Å². The van der Waals surface area contributed by atoms with Crippen molar-refractivity contribution < 1.29 is 14.3 Å². The SMILES string of the molecule is COc1cccc(N2C(=O)c3ccccc3C(C=NCCC(C)C)C2=O)c1. The Labute approximate surface area is 159 Å². The van der Waals surface area contributed by atoms with E-state index in [1.807, 2.05) is 18.2 Å². The zero-order chi connectivity index (χ0) is 19.4. The third kappa shape index (κ3) is 3.92. The van der Waals surface area contributed by atoms with E-state index in [2.05, 4.69) is 18.8 Å². The van der Waals surface area contributed by atoms with Crippen LogP contribution in [0.1, 0.15) is 42.1 Å². The molecule has 2 amide bonds. The molecule has 5 heteroatoms. The van der Waals surface area contributed by atoms with Gasteiger partial charge in [-0.25, -0.2) is 4.90 Å². The van der Waals surface area contributed by atoms with Crippen LogP contribution in [0.4, 0.5) is 5.69 Å². The zero-order valence-electron chi connectivity index (χ0n) is 15.9. The van der Waals surface area contributed by atoms with Gasteiger partial charge in [-0.2, -0.15) is 0 Å². The first-order valence-corrected chi connectivity index (χ1v) is 9.14. The van der Waals surface area contributed by atoms with Crippen LogP contribution in [0, 0.1) is 5.92 Å². The van der Waals surface area contributed by atoms with Crippen molar-refractivity contribution in [1.29, 1.82) is 0 Å². The van der Waals surface area contributed by atoms with Gasteiger partial charge in [-0.1, -0.05) is 38.1 Å². The molecule has 0 fully saturated rings. The number of ether oxygens (including phenoxy) is 1. The van der Waals surface area contributed by atoms with Crippen molar-refractivity contribution in [1.82, 2.24) is 0 Å². The van der Waals surface area contributed by atoms with Crippen LogP contribution in [0.2, 0.25) is 0 Å². The van der Waals surface area contributed by atoms with E-state index >= 15 is 0 Å². The van der Waals surface area contributed by atoms with Gasteiger partial charge in [0.2, 0.25) is 5.91 Å². The zero-order valence-corrected chi connectivity index (χ0v) is 15.9. The topological polar surface area (TPSA) is 59.0 Å². The first-order chi connectivity index (χ1) is 13.0. The molecule has 0 aliphatic carbocycles. The number of hydrogen-bond donors (Lipinski definition) is 0. The van der Waals surface area contributed by atoms with E-state index < -0.39 is 5.92 Å². The molecule has 0 aromatic heterocycles. The molecule has 0 spiro atoms. The highest BCUT2D eigenvalue weighted by Crippen LogP contribution is 2.33. The smallest absolute Gasteiger partial charge is 0.265 e. The molecule has 0 bridgehead atoms. The van der Waals surface area contributed by atoms with Crippen LogP contribution in [0.3, 0.4) is 0 Å². The van der Waals surface area contributed by atoms with Crippen LogP contribution in [-0.2, 0) is 4.79 Å². The molecular weight excluding hydrogens is 340 g/mol. The monoisotopic (exact) mass is 364 g/mol. The summed E-state index contributed by atoms with van der Waals surface area (Å²) < 4.78 is 5.24. The van der Waals surface area contributed by atoms with Gasteiger partial charge in [0.25, 0.3) is 5.91 Å². The molecule has 1 aliphatic rings. The van der Waals surface area contributed by atoms with E-state index in [1.54, 1.807) is 43.7 Å². The number of carbonyl (C=O) groups excluding carboxylic acids is 2. The van der Waals surface area contributed by atoms with Crippen molar-refractivity contribution in [2.75, 3.05) is 18.6 Å². The molecule has 0 saturated heterocycles. The summed E-state index contributed by atoms with van der Waals surface area (Å²) in [6.07, 6.45) is 2.64. The van der Waals surface area contributed by atoms with Gasteiger partial charge in [-0.3, -0.25) is 14.6 Å². The highest BCUT2D eigenvalue weighted by Gasteiger charge is 2.38. The molecule has 0 saturated carbocycles. The molecule has 5 nitrogen and oxygen atoms in total. The van der Waals surface area contributed by atoms with Crippen LogP contribution in [0.25, 0.3) is 0 Å². The summed E-state index contributed by atoms with van der Waals surface area (Å²) in [4.78, 5) is 31.9. The summed E-state index contributed by atoms with van der Waals surface area (Å²) in [5.41, 5.74) is 1.74. The third-order valence-electron chi connectivity index (χ3n) is 4.62. The number of aliphatic imine (C=N–C) groups is 1. The molecular formula is C22H24N2O3. The van der Waals surface area contributed by atoms with Crippen LogP contribution in [0.15, 0.2) is 53.5 Å². The van der Waals surface area contributed by atoms with Gasteiger partial charge in [0.05, 0.1) is 18.7 Å². The lowest BCUT2D eigenvalue weighted by Crippen LogP contribution is -2.45. The number of rotatable bonds is 6. The number of amides is 2. The van der Waals surface area contributed by atoms with Crippen molar-refractivity contribution in [3.8, 4) is 5.75 Å². The van der Waals surface area contributed by atoms with Gasteiger partial charge in [0, 0.05) is 24.4 Å². The molecule has 140 valence electrons. The van der Waals surface area contributed by atoms with E-state index in [4.69, 9.17) is 4.74 Å². The molecule has 2 aromatic carbocycles. The minimum atomic E-state index is -0.572. The number of carbonyl (C=O) groups is 2. The summed E-state index contributed by atoms with van der Waals surface area (Å²) in [6.45, 7) is 4.94. The molecule has 1 aliphatic heterocycles. The minimum Gasteiger partial charge on any atom is -0.497 e. The summed E-state index contributed by atoms with van der Waals surface area (Å²) in [7, 11) is 1.55. The van der Waals surface area contributed by atoms with Crippen LogP contribution in [0.5, 0.6) is 5.75 Å². The van der Waals surface area contributed by atoms with Gasteiger partial charge >= 0.3 is 0 Å². The van der Waals surface area contributed by atoms with Gasteiger partial charge in [-0.05, 0) is 36.1 Å². The van der Waals surface area contributed by atoms with Crippen LogP contribution >= 0.6 is 0 Å². The third-order valence-corrected chi connectivity index (χ3v) is 4.62. The predicted molar refractivity (Wildman–Crippen MR) is 107 cm³/mol. The number of hydrogen-bond acceptors (Lipinski definition) is 4. The molecule has 1 unspecified atom stereocenters. The molecule has 27 heavy (non-hydrogen) atoms. The van der Waals surface area contributed by atoms with Crippen LogP contribution < -0.4 is 9.64 Å².